The zero-order chi connectivity index (χ0) is 19.4. The van der Waals surface area contributed by atoms with Gasteiger partial charge in [-0.05, 0) is 41.0 Å². The second kappa shape index (κ2) is 8.04. The fourth-order valence-corrected chi connectivity index (χ4v) is 4.19. The van der Waals surface area contributed by atoms with E-state index < -0.39 is 21.9 Å². The smallest absolute Gasteiger partial charge is 0.244 e. The van der Waals surface area contributed by atoms with E-state index in [-0.39, 0.29) is 23.6 Å². The number of aliphatic hydroxyl groups excluding tert-OH is 1. The van der Waals surface area contributed by atoms with Crippen LogP contribution < -0.4 is 9.46 Å². The third kappa shape index (κ3) is 4.27. The molecule has 5 nitrogen and oxygen atoms in total. The van der Waals surface area contributed by atoms with Crippen LogP contribution in [0.1, 0.15) is 18.1 Å². The van der Waals surface area contributed by atoms with Gasteiger partial charge in [-0.25, -0.2) is 17.5 Å². The molecule has 27 heavy (non-hydrogen) atoms. The highest BCUT2D eigenvalue weighted by Crippen LogP contribution is 2.27. The molecule has 7 heteroatoms. The number of halogens is 1. The number of nitrogens with one attached hydrogen (secondary N) is 1. The van der Waals surface area contributed by atoms with Gasteiger partial charge in [-0.2, -0.15) is 0 Å². The summed E-state index contributed by atoms with van der Waals surface area (Å²) in [5.74, 6) is -0.620. The van der Waals surface area contributed by atoms with Gasteiger partial charge in [0.25, 0.3) is 0 Å². The maximum atomic E-state index is 13.4. The lowest BCUT2D eigenvalue weighted by molar-refractivity contribution is 0.170. The summed E-state index contributed by atoms with van der Waals surface area (Å²) in [6, 6.07) is 16.6. The van der Waals surface area contributed by atoms with Crippen LogP contribution in [0.5, 0.6) is 5.75 Å². The summed E-state index contributed by atoms with van der Waals surface area (Å²) in [5.41, 5.74) is 0.732. The number of aliphatic hydroxyl groups is 1. The molecule has 0 aliphatic heterocycles. The van der Waals surface area contributed by atoms with Crippen LogP contribution in [-0.2, 0) is 10.0 Å². The minimum Gasteiger partial charge on any atom is -0.495 e. The number of ether oxygens (including phenoxy) is 1. The third-order valence-electron chi connectivity index (χ3n) is 4.31. The highest BCUT2D eigenvalue weighted by molar-refractivity contribution is 7.89. The van der Waals surface area contributed by atoms with E-state index in [9.17, 15) is 17.9 Å². The van der Waals surface area contributed by atoms with Crippen molar-refractivity contribution < 1.29 is 22.7 Å². The third-order valence-corrected chi connectivity index (χ3v) is 5.79. The quantitative estimate of drug-likeness (QED) is 0.650. The van der Waals surface area contributed by atoms with Gasteiger partial charge < -0.3 is 9.84 Å². The van der Waals surface area contributed by atoms with E-state index in [2.05, 4.69) is 4.72 Å². The first-order valence-corrected chi connectivity index (χ1v) is 9.89. The van der Waals surface area contributed by atoms with Crippen LogP contribution in [0.15, 0.2) is 65.6 Å². The van der Waals surface area contributed by atoms with Crippen LogP contribution in [0, 0.1) is 5.82 Å². The molecule has 0 saturated carbocycles. The lowest BCUT2D eigenvalue weighted by Gasteiger charge is -2.15. The van der Waals surface area contributed by atoms with Crippen molar-refractivity contribution in [2.45, 2.75) is 17.4 Å². The summed E-state index contributed by atoms with van der Waals surface area (Å²) in [6.45, 7) is -0.00755. The molecular formula is C20H20FNO4S. The number of hydrogen-bond acceptors (Lipinski definition) is 4. The topological polar surface area (TPSA) is 75.6 Å². The molecule has 0 heterocycles. The van der Waals surface area contributed by atoms with E-state index in [4.69, 9.17) is 4.74 Å². The Morgan fingerprint density at radius 2 is 1.85 bits per heavy atom. The summed E-state index contributed by atoms with van der Waals surface area (Å²) in [7, 11) is -2.66. The Hall–Kier alpha value is -2.48. The Morgan fingerprint density at radius 1 is 1.11 bits per heavy atom. The maximum Gasteiger partial charge on any atom is 0.244 e. The molecule has 0 aliphatic rings. The molecule has 0 unspecified atom stereocenters. The molecule has 0 bridgehead atoms. The molecule has 0 fully saturated rings. The largest absolute Gasteiger partial charge is 0.495 e. The molecular weight excluding hydrogens is 369 g/mol. The fraction of sp³-hybridized carbons (Fsp3) is 0.200. The second-order valence-electron chi connectivity index (χ2n) is 6.07. The van der Waals surface area contributed by atoms with Crippen molar-refractivity contribution in [3.8, 4) is 5.75 Å². The van der Waals surface area contributed by atoms with Crippen LogP contribution >= 0.6 is 0 Å². The lowest BCUT2D eigenvalue weighted by Crippen LogP contribution is -2.26. The summed E-state index contributed by atoms with van der Waals surface area (Å²) in [6.07, 6.45) is -0.668. The number of benzene rings is 3. The normalized spacial score (nSPS) is 12.9. The van der Waals surface area contributed by atoms with Gasteiger partial charge in [0.05, 0.1) is 13.2 Å². The first-order chi connectivity index (χ1) is 12.9. The van der Waals surface area contributed by atoms with Crippen LogP contribution in [0.2, 0.25) is 0 Å². The Balaban J connectivity index is 1.73. The number of sulfonamides is 1. The fourth-order valence-electron chi connectivity index (χ4n) is 2.96. The van der Waals surface area contributed by atoms with Crippen molar-refractivity contribution in [1.82, 2.24) is 4.72 Å². The highest BCUT2D eigenvalue weighted by Gasteiger charge is 2.21. The van der Waals surface area contributed by atoms with E-state index in [1.165, 1.54) is 13.2 Å². The minimum absolute atomic E-state index is 0.00755. The first kappa shape index (κ1) is 19.3. The predicted octanol–water partition coefficient (Wildman–Crippen LogP) is 3.39. The van der Waals surface area contributed by atoms with Crippen LogP contribution in [0.4, 0.5) is 4.39 Å². The molecule has 0 aliphatic carbocycles. The summed E-state index contributed by atoms with van der Waals surface area (Å²) in [4.78, 5) is -0.273. The van der Waals surface area contributed by atoms with E-state index in [1.54, 1.807) is 0 Å². The molecule has 0 amide bonds. The Kier molecular flexibility index (Phi) is 5.74. The van der Waals surface area contributed by atoms with Gasteiger partial charge >= 0.3 is 0 Å². The van der Waals surface area contributed by atoms with Gasteiger partial charge in [-0.1, -0.05) is 42.5 Å². The molecule has 0 spiro atoms. The number of fused-ring (bicyclic) bond motifs is 1. The van der Waals surface area contributed by atoms with Crippen molar-refractivity contribution in [1.29, 1.82) is 0 Å². The molecule has 0 aromatic heterocycles. The van der Waals surface area contributed by atoms with Crippen LogP contribution in [-0.4, -0.2) is 27.2 Å². The van der Waals surface area contributed by atoms with E-state index in [0.717, 1.165) is 28.5 Å². The number of rotatable bonds is 7. The van der Waals surface area contributed by atoms with Gasteiger partial charge in [-0.3, -0.25) is 0 Å². The molecule has 142 valence electrons. The Labute approximate surface area is 157 Å². The SMILES string of the molecule is COc1ccc(F)cc1S(=O)(=O)NCC[C@H](O)c1cccc2ccccc12. The van der Waals surface area contributed by atoms with Crippen LogP contribution in [0.25, 0.3) is 10.8 Å². The van der Waals surface area contributed by atoms with Crippen LogP contribution in [0.3, 0.4) is 0 Å². The molecule has 0 saturated heterocycles. The molecule has 1 atom stereocenters. The predicted molar refractivity (Wildman–Crippen MR) is 102 cm³/mol. The zero-order valence-electron chi connectivity index (χ0n) is 14.7. The molecule has 3 aromatic rings. The van der Waals surface area contributed by atoms with Crippen molar-refractivity contribution in [3.05, 3.63) is 72.0 Å². The zero-order valence-corrected chi connectivity index (χ0v) is 15.5. The molecule has 3 rings (SSSR count). The highest BCUT2D eigenvalue weighted by atomic mass is 32.2. The molecule has 2 N–H and O–H groups in total. The van der Waals surface area contributed by atoms with Crippen molar-refractivity contribution in [3.63, 3.8) is 0 Å². The van der Waals surface area contributed by atoms with Gasteiger partial charge in [-0.15, -0.1) is 0 Å². The molecule has 3 aromatic carbocycles. The first-order valence-electron chi connectivity index (χ1n) is 8.41. The maximum absolute atomic E-state index is 13.4. The van der Waals surface area contributed by atoms with Crippen molar-refractivity contribution >= 4 is 20.8 Å². The minimum atomic E-state index is -3.97. The monoisotopic (exact) mass is 389 g/mol. The standard InChI is InChI=1S/C20H20FNO4S/c1-26-19-10-9-15(21)13-20(19)27(24,25)22-12-11-18(23)17-8-4-6-14-5-2-3-7-16(14)17/h2-10,13,18,22-23H,11-12H2,1H3/t18-/m0/s1. The molecule has 0 radical (unpaired) electrons. The number of hydrogen-bond donors (Lipinski definition) is 2. The van der Waals surface area contributed by atoms with Gasteiger partial charge in [0, 0.05) is 6.54 Å². The van der Waals surface area contributed by atoms with E-state index >= 15 is 0 Å². The summed E-state index contributed by atoms with van der Waals surface area (Å²) >= 11 is 0. The Morgan fingerprint density at radius 3 is 2.63 bits per heavy atom. The van der Waals surface area contributed by atoms with Crippen molar-refractivity contribution in [2.75, 3.05) is 13.7 Å². The lowest BCUT2D eigenvalue weighted by atomic mass is 9.99. The number of methoxy groups -OCH3 is 1. The van der Waals surface area contributed by atoms with Gasteiger partial charge in [0.1, 0.15) is 16.5 Å². The summed E-state index contributed by atoms with van der Waals surface area (Å²) < 4.78 is 45.7. The Bertz CT molecular complexity index is 1050. The van der Waals surface area contributed by atoms with E-state index in [1.807, 2.05) is 42.5 Å². The average Bonchev–Trinajstić information content (AvgIpc) is 2.67. The second-order valence-corrected chi connectivity index (χ2v) is 7.80. The van der Waals surface area contributed by atoms with Gasteiger partial charge in [0.15, 0.2) is 0 Å². The van der Waals surface area contributed by atoms with Gasteiger partial charge in [0.2, 0.25) is 10.0 Å². The van der Waals surface area contributed by atoms with E-state index in [0.29, 0.717) is 0 Å². The summed E-state index contributed by atoms with van der Waals surface area (Å²) in [5, 5.41) is 12.4. The van der Waals surface area contributed by atoms with Crippen molar-refractivity contribution in [2.24, 2.45) is 0 Å². The average molecular weight is 389 g/mol.